The molecule has 1 aromatic carbocycles. The van der Waals surface area contributed by atoms with Crippen LogP contribution in [0.5, 0.6) is 11.5 Å². The van der Waals surface area contributed by atoms with Crippen LogP contribution in [0.4, 0.5) is 13.2 Å². The van der Waals surface area contributed by atoms with E-state index < -0.39 is 12.8 Å². The molecule has 20 heavy (non-hydrogen) atoms. The Morgan fingerprint density at radius 3 is 2.65 bits per heavy atom. The summed E-state index contributed by atoms with van der Waals surface area (Å²) in [6.45, 7) is 2.12. The molecule has 0 aliphatic heterocycles. The van der Waals surface area contributed by atoms with E-state index in [9.17, 15) is 18.0 Å². The van der Waals surface area contributed by atoms with Gasteiger partial charge < -0.3 is 14.8 Å². The first-order valence-electron chi connectivity index (χ1n) is 5.62. The highest BCUT2D eigenvalue weighted by atomic mass is 19.4. The largest absolute Gasteiger partial charge is 0.493 e. The number of halogens is 3. The van der Waals surface area contributed by atoms with E-state index in [4.69, 9.17) is 4.74 Å². The van der Waals surface area contributed by atoms with Crippen molar-refractivity contribution in [3.05, 3.63) is 36.4 Å². The fourth-order valence-corrected chi connectivity index (χ4v) is 1.36. The van der Waals surface area contributed by atoms with E-state index in [1.165, 1.54) is 25.3 Å². The number of alkyl halides is 3. The van der Waals surface area contributed by atoms with Crippen molar-refractivity contribution in [1.82, 2.24) is 5.32 Å². The van der Waals surface area contributed by atoms with Gasteiger partial charge in [0.15, 0.2) is 18.1 Å². The Kier molecular flexibility index (Phi) is 5.42. The van der Waals surface area contributed by atoms with Crippen LogP contribution in [0.1, 0.15) is 5.56 Å². The van der Waals surface area contributed by atoms with Gasteiger partial charge in [-0.25, -0.2) is 0 Å². The number of carbonyl (C=O) groups is 1. The molecule has 0 fully saturated rings. The maximum atomic E-state index is 12.1. The van der Waals surface area contributed by atoms with E-state index in [-0.39, 0.29) is 24.0 Å². The number of nitrogens with one attached hydrogen (secondary N) is 1. The van der Waals surface area contributed by atoms with Crippen molar-refractivity contribution in [1.29, 1.82) is 0 Å². The first kappa shape index (κ1) is 15.9. The summed E-state index contributed by atoms with van der Waals surface area (Å²) < 4.78 is 45.8. The summed E-state index contributed by atoms with van der Waals surface area (Å²) in [5.74, 6) is -0.190. The molecule has 0 bridgehead atoms. The lowest BCUT2D eigenvalue weighted by molar-refractivity contribution is -0.153. The van der Waals surface area contributed by atoms with Crippen LogP contribution in [0.15, 0.2) is 30.9 Å². The number of ether oxygens (including phenoxy) is 2. The Labute approximate surface area is 114 Å². The summed E-state index contributed by atoms with van der Waals surface area (Å²) in [4.78, 5) is 11.0. The highest BCUT2D eigenvalue weighted by Crippen LogP contribution is 2.29. The van der Waals surface area contributed by atoms with Crippen LogP contribution in [0.3, 0.4) is 0 Å². The van der Waals surface area contributed by atoms with Gasteiger partial charge in [-0.3, -0.25) is 4.79 Å². The second kappa shape index (κ2) is 6.83. The Morgan fingerprint density at radius 1 is 1.40 bits per heavy atom. The first-order chi connectivity index (χ1) is 9.35. The monoisotopic (exact) mass is 289 g/mol. The van der Waals surface area contributed by atoms with Crippen LogP contribution >= 0.6 is 0 Å². The summed E-state index contributed by atoms with van der Waals surface area (Å²) >= 11 is 0. The zero-order chi connectivity index (χ0) is 15.2. The predicted octanol–water partition coefficient (Wildman–Crippen LogP) is 2.44. The second-order valence-corrected chi connectivity index (χ2v) is 3.81. The molecule has 1 amide bonds. The third kappa shape index (κ3) is 5.21. The van der Waals surface area contributed by atoms with Gasteiger partial charge in [0.2, 0.25) is 5.91 Å². The van der Waals surface area contributed by atoms with Gasteiger partial charge in [-0.05, 0) is 23.8 Å². The maximum absolute atomic E-state index is 12.1. The zero-order valence-corrected chi connectivity index (χ0v) is 10.8. The van der Waals surface area contributed by atoms with Crippen molar-refractivity contribution in [3.8, 4) is 11.5 Å². The first-order valence-corrected chi connectivity index (χ1v) is 5.62. The molecule has 0 saturated heterocycles. The Balaban J connectivity index is 2.74. The van der Waals surface area contributed by atoms with Crippen LogP contribution in [0, 0.1) is 0 Å². The molecule has 110 valence electrons. The van der Waals surface area contributed by atoms with Gasteiger partial charge in [-0.1, -0.05) is 12.6 Å². The molecule has 0 saturated carbocycles. The van der Waals surface area contributed by atoms with Crippen molar-refractivity contribution < 1.29 is 27.4 Å². The summed E-state index contributed by atoms with van der Waals surface area (Å²) in [5.41, 5.74) is 0.663. The summed E-state index contributed by atoms with van der Waals surface area (Å²) in [6.07, 6.45) is -3.29. The summed E-state index contributed by atoms with van der Waals surface area (Å²) in [7, 11) is 1.32. The second-order valence-electron chi connectivity index (χ2n) is 3.81. The van der Waals surface area contributed by atoms with Gasteiger partial charge >= 0.3 is 6.18 Å². The van der Waals surface area contributed by atoms with Crippen LogP contribution in [-0.4, -0.2) is 25.8 Å². The number of benzene rings is 1. The molecule has 0 spiro atoms. The Morgan fingerprint density at radius 2 is 2.10 bits per heavy atom. The van der Waals surface area contributed by atoms with Gasteiger partial charge in [0, 0.05) is 6.54 Å². The molecule has 1 aromatic rings. The van der Waals surface area contributed by atoms with Gasteiger partial charge in [0.05, 0.1) is 7.11 Å². The minimum Gasteiger partial charge on any atom is -0.493 e. The topological polar surface area (TPSA) is 47.6 Å². The van der Waals surface area contributed by atoms with Gasteiger partial charge in [-0.2, -0.15) is 13.2 Å². The normalized spacial score (nSPS) is 10.8. The van der Waals surface area contributed by atoms with E-state index >= 15 is 0 Å². The molecular weight excluding hydrogens is 275 g/mol. The molecule has 0 unspecified atom stereocenters. The molecule has 7 heteroatoms. The van der Waals surface area contributed by atoms with Gasteiger partial charge in [0.25, 0.3) is 0 Å². The third-order valence-electron chi connectivity index (χ3n) is 2.27. The molecule has 4 nitrogen and oxygen atoms in total. The quantitative estimate of drug-likeness (QED) is 0.818. The van der Waals surface area contributed by atoms with Crippen molar-refractivity contribution in [2.24, 2.45) is 0 Å². The van der Waals surface area contributed by atoms with Gasteiger partial charge in [0.1, 0.15) is 0 Å². The number of hydrogen-bond acceptors (Lipinski definition) is 3. The van der Waals surface area contributed by atoms with E-state index in [0.717, 1.165) is 6.08 Å². The molecule has 0 aliphatic carbocycles. The lowest BCUT2D eigenvalue weighted by atomic mass is 10.2. The lowest BCUT2D eigenvalue weighted by Crippen LogP contribution is -2.20. The fourth-order valence-electron chi connectivity index (χ4n) is 1.36. The van der Waals surface area contributed by atoms with Crippen molar-refractivity contribution in [3.63, 3.8) is 0 Å². The van der Waals surface area contributed by atoms with Crippen molar-refractivity contribution in [2.75, 3.05) is 13.7 Å². The van der Waals surface area contributed by atoms with Gasteiger partial charge in [-0.15, -0.1) is 0 Å². The number of methoxy groups -OCH3 is 1. The van der Waals surface area contributed by atoms with E-state index in [0.29, 0.717) is 5.56 Å². The van der Waals surface area contributed by atoms with E-state index in [2.05, 4.69) is 16.6 Å². The van der Waals surface area contributed by atoms with E-state index in [1.54, 1.807) is 0 Å². The van der Waals surface area contributed by atoms with Crippen molar-refractivity contribution in [2.45, 2.75) is 12.7 Å². The summed E-state index contributed by atoms with van der Waals surface area (Å²) in [5, 5.41) is 2.54. The smallest absolute Gasteiger partial charge is 0.422 e. The number of amides is 1. The molecule has 0 aromatic heterocycles. The van der Waals surface area contributed by atoms with Crippen LogP contribution in [0.25, 0.3) is 0 Å². The van der Waals surface area contributed by atoms with Crippen LogP contribution in [0.2, 0.25) is 0 Å². The Hall–Kier alpha value is -2.18. The molecule has 0 atom stereocenters. The molecule has 0 radical (unpaired) electrons. The lowest BCUT2D eigenvalue weighted by Gasteiger charge is -2.13. The molecule has 1 N–H and O–H groups in total. The van der Waals surface area contributed by atoms with Crippen LogP contribution < -0.4 is 14.8 Å². The molecule has 0 aliphatic rings. The molecular formula is C13H14F3NO3. The van der Waals surface area contributed by atoms with Crippen LogP contribution in [-0.2, 0) is 11.3 Å². The van der Waals surface area contributed by atoms with E-state index in [1.807, 2.05) is 0 Å². The predicted molar refractivity (Wildman–Crippen MR) is 66.6 cm³/mol. The highest BCUT2D eigenvalue weighted by Gasteiger charge is 2.29. The zero-order valence-electron chi connectivity index (χ0n) is 10.8. The number of rotatable bonds is 6. The fraction of sp³-hybridized carbons (Fsp3) is 0.308. The molecule has 1 rings (SSSR count). The average molecular weight is 289 g/mol. The van der Waals surface area contributed by atoms with Crippen molar-refractivity contribution >= 4 is 5.91 Å². The number of carbonyl (C=O) groups excluding carboxylic acids is 1. The average Bonchev–Trinajstić information content (AvgIpc) is 2.41. The third-order valence-corrected chi connectivity index (χ3v) is 2.27. The minimum atomic E-state index is -4.42. The summed E-state index contributed by atoms with van der Waals surface area (Å²) in [6, 6.07) is 4.40. The number of hydrogen-bond donors (Lipinski definition) is 1. The SMILES string of the molecule is C=CC(=O)NCc1ccc(OCC(F)(F)F)c(OC)c1. The maximum Gasteiger partial charge on any atom is 0.422 e. The standard InChI is InChI=1S/C13H14F3NO3/c1-3-12(18)17-7-9-4-5-10(11(6-9)19-2)20-8-13(14,15)16/h3-6H,1,7-8H2,2H3,(H,17,18). The molecule has 0 heterocycles. The highest BCUT2D eigenvalue weighted by molar-refractivity contribution is 5.86. The Bertz CT molecular complexity index is 486. The minimum absolute atomic E-state index is 0.0105.